The molecule has 0 unspecified atom stereocenters. The van der Waals surface area contributed by atoms with Gasteiger partial charge < -0.3 is 0 Å². The van der Waals surface area contributed by atoms with Crippen LogP contribution in [0.2, 0.25) is 0 Å². The van der Waals surface area contributed by atoms with E-state index < -0.39 is 7.26 Å². The van der Waals surface area contributed by atoms with Gasteiger partial charge in [-0.15, -0.1) is 0 Å². The van der Waals surface area contributed by atoms with Gasteiger partial charge in [0.25, 0.3) is 0 Å². The minimum atomic E-state index is -2.14. The number of carbonyl (C=O) groups is 1. The van der Waals surface area contributed by atoms with Crippen LogP contribution in [-0.2, 0) is 4.79 Å². The molecular formula is C35H49N2OP. The van der Waals surface area contributed by atoms with E-state index in [1.54, 1.807) is 0 Å². The van der Waals surface area contributed by atoms with Crippen molar-refractivity contribution in [3.8, 4) is 0 Å². The van der Waals surface area contributed by atoms with E-state index in [0.29, 0.717) is 12.5 Å². The van der Waals surface area contributed by atoms with Gasteiger partial charge in [-0.25, -0.2) is 0 Å². The van der Waals surface area contributed by atoms with Gasteiger partial charge in [0.1, 0.15) is 0 Å². The first kappa shape index (κ1) is 29.5. The van der Waals surface area contributed by atoms with Crippen LogP contribution in [-0.4, -0.2) is 41.6 Å². The molecule has 0 saturated carbocycles. The molecule has 0 aliphatic carbocycles. The van der Waals surface area contributed by atoms with Crippen molar-refractivity contribution in [2.75, 3.05) is 19.3 Å². The number of benzene rings is 3. The molecular weight excluding hydrogens is 495 g/mol. The Morgan fingerprint density at radius 2 is 1.23 bits per heavy atom. The normalized spacial score (nSPS) is 15.7. The Kier molecular flexibility index (Phi) is 10.8. The van der Waals surface area contributed by atoms with Gasteiger partial charge in [0, 0.05) is 5.54 Å². The predicted molar refractivity (Wildman–Crippen MR) is 172 cm³/mol. The number of piperidine rings is 1. The Morgan fingerprint density at radius 1 is 0.769 bits per heavy atom. The molecule has 3 aromatic rings. The first-order chi connectivity index (χ1) is 19.0. The molecule has 0 spiro atoms. The second-order valence-electron chi connectivity index (χ2n) is 11.9. The van der Waals surface area contributed by atoms with Crippen LogP contribution in [0.4, 0.5) is 0 Å². The number of rotatable bonds is 13. The predicted octanol–water partition coefficient (Wildman–Crippen LogP) is 6.43. The summed E-state index contributed by atoms with van der Waals surface area (Å²) >= 11 is 0. The summed E-state index contributed by atoms with van der Waals surface area (Å²) < 4.78 is 0. The molecule has 39 heavy (non-hydrogen) atoms. The van der Waals surface area contributed by atoms with Crippen molar-refractivity contribution in [1.82, 2.24) is 10.2 Å². The van der Waals surface area contributed by atoms with E-state index in [4.69, 9.17) is 0 Å². The molecule has 0 radical (unpaired) electrons. The monoisotopic (exact) mass is 544 g/mol. The molecule has 1 aliphatic rings. The van der Waals surface area contributed by atoms with Crippen molar-refractivity contribution >= 4 is 29.1 Å². The topological polar surface area (TPSA) is 32.3 Å². The summed E-state index contributed by atoms with van der Waals surface area (Å²) in [7, 11) is -2.14. The van der Waals surface area contributed by atoms with Crippen LogP contribution < -0.4 is 21.2 Å². The number of hydrogen-bond acceptors (Lipinski definition) is 2. The Balaban J connectivity index is 1.30. The summed E-state index contributed by atoms with van der Waals surface area (Å²) in [5, 5.41) is 7.77. The van der Waals surface area contributed by atoms with Crippen molar-refractivity contribution in [1.29, 1.82) is 0 Å². The fourth-order valence-electron chi connectivity index (χ4n) is 6.28. The summed E-state index contributed by atoms with van der Waals surface area (Å²) in [6, 6.07) is 33.9. The summed E-state index contributed by atoms with van der Waals surface area (Å²) in [5.74, 6) is 0.241. The number of hydrogen-bond donors (Lipinski definition) is 1. The van der Waals surface area contributed by atoms with Gasteiger partial charge in [-0.05, 0) is 20.3 Å². The van der Waals surface area contributed by atoms with E-state index in [2.05, 4.69) is 122 Å². The van der Waals surface area contributed by atoms with Gasteiger partial charge in [-0.1, -0.05) is 6.92 Å². The summed E-state index contributed by atoms with van der Waals surface area (Å²) in [5.41, 5.74) is 0.261. The van der Waals surface area contributed by atoms with Crippen LogP contribution >= 0.6 is 7.26 Å². The Labute approximate surface area is 237 Å². The number of likely N-dealkylation sites (tertiary alicyclic amines) is 1. The second kappa shape index (κ2) is 14.2. The first-order valence-corrected chi connectivity index (χ1v) is 17.4. The summed E-state index contributed by atoms with van der Waals surface area (Å²) in [6.45, 7) is 9.10. The van der Waals surface area contributed by atoms with E-state index >= 15 is 0 Å². The third-order valence-corrected chi connectivity index (χ3v) is 14.1. The van der Waals surface area contributed by atoms with E-state index in [1.165, 1.54) is 34.9 Å². The molecule has 1 saturated heterocycles. The molecule has 1 fully saturated rings. The summed E-state index contributed by atoms with van der Waals surface area (Å²) in [4.78, 5) is 15.3. The average molecular weight is 545 g/mol. The van der Waals surface area contributed by atoms with Crippen LogP contribution in [0.1, 0.15) is 72.1 Å². The number of amides is 1. The number of carbonyl (C=O) groups excluding carboxylic acids is 1. The van der Waals surface area contributed by atoms with Gasteiger partial charge in [0.05, 0.1) is 0 Å². The molecule has 0 aromatic heterocycles. The minimum absolute atomic E-state index is 0.241. The zero-order chi connectivity index (χ0) is 27.6. The third kappa shape index (κ3) is 7.59. The van der Waals surface area contributed by atoms with E-state index in [-0.39, 0.29) is 11.4 Å². The van der Waals surface area contributed by atoms with Crippen molar-refractivity contribution in [3.05, 3.63) is 91.0 Å². The zero-order valence-corrected chi connectivity index (χ0v) is 25.4. The first-order valence-electron chi connectivity index (χ1n) is 15.2. The van der Waals surface area contributed by atoms with Gasteiger partial charge in [-0.2, -0.15) is 0 Å². The van der Waals surface area contributed by atoms with Crippen LogP contribution in [0, 0.1) is 0 Å². The van der Waals surface area contributed by atoms with E-state index in [9.17, 15) is 4.79 Å². The van der Waals surface area contributed by atoms with Crippen molar-refractivity contribution in [3.63, 3.8) is 0 Å². The average Bonchev–Trinajstić information content (AvgIpc) is 2.98. The molecule has 1 aliphatic heterocycles. The van der Waals surface area contributed by atoms with Gasteiger partial charge >= 0.3 is 205 Å². The number of nitrogens with one attached hydrogen (secondary N) is 1. The zero-order valence-electron chi connectivity index (χ0n) is 24.4. The van der Waals surface area contributed by atoms with Crippen molar-refractivity contribution in [2.24, 2.45) is 0 Å². The fourth-order valence-corrected chi connectivity index (χ4v) is 11.2. The van der Waals surface area contributed by atoms with Gasteiger partial charge in [0.15, 0.2) is 0 Å². The van der Waals surface area contributed by atoms with Crippen molar-refractivity contribution < 1.29 is 4.79 Å². The molecule has 4 heteroatoms. The molecule has 4 rings (SSSR count). The van der Waals surface area contributed by atoms with Crippen LogP contribution in [0.3, 0.4) is 0 Å². The maximum absolute atomic E-state index is 12.7. The van der Waals surface area contributed by atoms with Crippen molar-refractivity contribution in [2.45, 2.75) is 83.7 Å². The molecule has 1 N–H and O–H groups in total. The Bertz CT molecular complexity index is 1030. The van der Waals surface area contributed by atoms with Gasteiger partial charge in [-0.3, -0.25) is 0 Å². The van der Waals surface area contributed by atoms with E-state index in [1.807, 2.05) is 0 Å². The van der Waals surface area contributed by atoms with Crippen LogP contribution in [0.25, 0.3) is 0 Å². The molecule has 3 nitrogen and oxygen atoms in total. The van der Waals surface area contributed by atoms with Crippen LogP contribution in [0.5, 0.6) is 0 Å². The molecule has 1 amide bonds. The molecule has 0 bridgehead atoms. The van der Waals surface area contributed by atoms with E-state index in [0.717, 1.165) is 45.2 Å². The number of unbranched alkanes of at least 4 members (excludes halogenated alkanes) is 3. The molecule has 210 valence electrons. The molecule has 1 heterocycles. The SMILES string of the molecule is CCC(C)(C)N1CCC(NC(=O)CCCCCC[PH](c2ccccc2)(c2ccccc2)c2ccccc2)CC1. The fraction of sp³-hybridized carbons (Fsp3) is 0.457. The molecule has 3 aromatic carbocycles. The second-order valence-corrected chi connectivity index (χ2v) is 16.0. The molecule has 0 atom stereocenters. The Hall–Kier alpha value is -2.48. The Morgan fingerprint density at radius 3 is 1.69 bits per heavy atom. The maximum atomic E-state index is 12.7. The summed E-state index contributed by atoms with van der Waals surface area (Å²) in [6.07, 6.45) is 9.57. The third-order valence-electron chi connectivity index (χ3n) is 9.09. The number of nitrogens with zero attached hydrogens (tertiary/aromatic N) is 1. The quantitative estimate of drug-likeness (QED) is 0.199. The van der Waals surface area contributed by atoms with Crippen LogP contribution in [0.15, 0.2) is 91.0 Å². The standard InChI is InChI=1S/C35H49N2OP/c1-4-35(2,3)37-27-25-30(26-28-37)36-34(38)24-16-5-6-17-29-39(31-18-10-7-11-19-31,32-20-12-8-13-21-32)33-22-14-9-15-23-33/h7-15,18-23,30,39H,4-6,16-17,24-29H2,1-3H3,(H,36,38). The van der Waals surface area contributed by atoms with Gasteiger partial charge in [0.2, 0.25) is 0 Å².